The number of nitrogens with zero attached hydrogens (tertiary/aromatic N) is 1. The highest BCUT2D eigenvalue weighted by atomic mass is 32.1. The number of anilines is 1. The second-order valence-electron chi connectivity index (χ2n) is 6.61. The second kappa shape index (κ2) is 9.60. The molecule has 1 atom stereocenters. The van der Waals surface area contributed by atoms with E-state index in [0.29, 0.717) is 34.4 Å². The first-order valence-corrected chi connectivity index (χ1v) is 9.78. The average molecular weight is 429 g/mol. The number of hydrogen-bond acceptors (Lipinski definition) is 6. The van der Waals surface area contributed by atoms with Gasteiger partial charge in [0.1, 0.15) is 18.1 Å². The quantitative estimate of drug-likeness (QED) is 0.395. The van der Waals surface area contributed by atoms with E-state index in [1.807, 2.05) is 31.2 Å². The number of methoxy groups -OCH3 is 2. The summed E-state index contributed by atoms with van der Waals surface area (Å²) in [4.78, 5) is 14.8. The molecule has 30 heavy (non-hydrogen) atoms. The van der Waals surface area contributed by atoms with Crippen molar-refractivity contribution in [3.05, 3.63) is 65.4 Å². The van der Waals surface area contributed by atoms with Crippen molar-refractivity contribution in [3.8, 4) is 11.5 Å². The van der Waals surface area contributed by atoms with E-state index in [1.54, 1.807) is 43.4 Å². The monoisotopic (exact) mass is 428 g/mol. The maximum atomic E-state index is 13.0. The van der Waals surface area contributed by atoms with Gasteiger partial charge in [-0.3, -0.25) is 4.90 Å². The zero-order chi connectivity index (χ0) is 21.7. The third kappa shape index (κ3) is 4.39. The van der Waals surface area contributed by atoms with Crippen molar-refractivity contribution < 1.29 is 24.1 Å². The third-order valence-electron chi connectivity index (χ3n) is 4.78. The van der Waals surface area contributed by atoms with Crippen LogP contribution in [0.4, 0.5) is 5.69 Å². The molecule has 7 nitrogen and oxygen atoms in total. The molecule has 0 unspecified atom stereocenters. The Morgan fingerprint density at radius 1 is 1.13 bits per heavy atom. The lowest BCUT2D eigenvalue weighted by atomic mass is 9.94. The van der Waals surface area contributed by atoms with Crippen LogP contribution in [-0.4, -0.2) is 43.6 Å². The summed E-state index contributed by atoms with van der Waals surface area (Å²) in [5.41, 5.74) is 2.52. The number of ether oxygens (including phenoxy) is 3. The van der Waals surface area contributed by atoms with Crippen LogP contribution in [0.25, 0.3) is 0 Å². The predicted molar refractivity (Wildman–Crippen MR) is 118 cm³/mol. The summed E-state index contributed by atoms with van der Waals surface area (Å²) in [6, 6.07) is 13.5. The molecule has 0 aliphatic carbocycles. The molecule has 1 heterocycles. The van der Waals surface area contributed by atoms with Crippen LogP contribution in [0.5, 0.6) is 11.5 Å². The fraction of sp³-hybridized carbons (Fsp3) is 0.273. The standard InChI is InChI=1S/C22H24N2O5S/c1-14-19(21(26)29-13-12-27-2)20(15-8-10-16(25)11-9-15)23-22(30)24(14)17-6-4-5-7-18(17)28-3/h4-11,20,25H,12-13H2,1-3H3,(H,23,30)/t20-/m1/s1. The van der Waals surface area contributed by atoms with E-state index >= 15 is 0 Å². The summed E-state index contributed by atoms with van der Waals surface area (Å²) in [6.45, 7) is 2.25. The molecular formula is C22H24N2O5S. The first-order chi connectivity index (χ1) is 14.5. The summed E-state index contributed by atoms with van der Waals surface area (Å²) < 4.78 is 15.9. The molecular weight excluding hydrogens is 404 g/mol. The summed E-state index contributed by atoms with van der Waals surface area (Å²) in [6.07, 6.45) is 0. The molecule has 0 fully saturated rings. The Balaban J connectivity index is 2.09. The molecule has 2 aromatic carbocycles. The van der Waals surface area contributed by atoms with E-state index < -0.39 is 12.0 Å². The van der Waals surface area contributed by atoms with E-state index in [0.717, 1.165) is 5.56 Å². The number of benzene rings is 2. The van der Waals surface area contributed by atoms with Gasteiger partial charge in [0.05, 0.1) is 31.0 Å². The number of rotatable bonds is 7. The molecule has 0 spiro atoms. The Morgan fingerprint density at radius 2 is 1.83 bits per heavy atom. The molecule has 3 rings (SSSR count). The van der Waals surface area contributed by atoms with Crippen LogP contribution < -0.4 is 15.0 Å². The van der Waals surface area contributed by atoms with Gasteiger partial charge in [0.2, 0.25) is 0 Å². The van der Waals surface area contributed by atoms with Crippen molar-refractivity contribution >= 4 is 29.0 Å². The molecule has 8 heteroatoms. The maximum absolute atomic E-state index is 13.0. The normalized spacial score (nSPS) is 16.3. The van der Waals surface area contributed by atoms with Crippen molar-refractivity contribution in [1.82, 2.24) is 5.32 Å². The Hall–Kier alpha value is -3.10. The van der Waals surface area contributed by atoms with E-state index in [1.165, 1.54) is 0 Å². The molecule has 0 saturated carbocycles. The molecule has 1 aliphatic heterocycles. The predicted octanol–water partition coefficient (Wildman–Crippen LogP) is 3.30. The lowest BCUT2D eigenvalue weighted by Gasteiger charge is -2.38. The van der Waals surface area contributed by atoms with Gasteiger partial charge in [0.15, 0.2) is 5.11 Å². The van der Waals surface area contributed by atoms with Crippen LogP contribution >= 0.6 is 12.2 Å². The van der Waals surface area contributed by atoms with Gasteiger partial charge in [0.25, 0.3) is 0 Å². The third-order valence-corrected chi connectivity index (χ3v) is 5.08. The lowest BCUT2D eigenvalue weighted by Crippen LogP contribution is -2.48. The van der Waals surface area contributed by atoms with Crippen LogP contribution in [-0.2, 0) is 14.3 Å². The number of phenolic OH excluding ortho intramolecular Hbond substituents is 1. The number of para-hydroxylation sites is 2. The number of carbonyl (C=O) groups is 1. The Kier molecular flexibility index (Phi) is 6.91. The molecule has 0 bridgehead atoms. The highest BCUT2D eigenvalue weighted by Crippen LogP contribution is 2.38. The topological polar surface area (TPSA) is 80.3 Å². The number of phenols is 1. The Bertz CT molecular complexity index is 958. The van der Waals surface area contributed by atoms with Crippen LogP contribution in [0.2, 0.25) is 0 Å². The highest BCUT2D eigenvalue weighted by Gasteiger charge is 2.36. The Morgan fingerprint density at radius 3 is 2.50 bits per heavy atom. The van der Waals surface area contributed by atoms with Crippen molar-refractivity contribution in [2.45, 2.75) is 13.0 Å². The number of thiocarbonyl (C=S) groups is 1. The molecule has 0 radical (unpaired) electrons. The number of allylic oxidation sites excluding steroid dienone is 1. The Labute approximate surface area is 180 Å². The number of esters is 1. The van der Waals surface area contributed by atoms with Gasteiger partial charge in [-0.05, 0) is 49.0 Å². The molecule has 2 aromatic rings. The van der Waals surface area contributed by atoms with Gasteiger partial charge >= 0.3 is 5.97 Å². The highest BCUT2D eigenvalue weighted by molar-refractivity contribution is 7.80. The SMILES string of the molecule is COCCOC(=O)C1=C(C)N(c2ccccc2OC)C(=S)N[C@@H]1c1ccc(O)cc1. The van der Waals surface area contributed by atoms with Gasteiger partial charge < -0.3 is 24.6 Å². The largest absolute Gasteiger partial charge is 0.508 e. The van der Waals surface area contributed by atoms with Gasteiger partial charge in [-0.2, -0.15) is 0 Å². The van der Waals surface area contributed by atoms with Crippen LogP contribution in [0.15, 0.2) is 59.8 Å². The molecule has 0 amide bonds. The van der Waals surface area contributed by atoms with Gasteiger partial charge in [-0.1, -0.05) is 24.3 Å². The fourth-order valence-corrected chi connectivity index (χ4v) is 3.68. The van der Waals surface area contributed by atoms with Crippen LogP contribution in [0.3, 0.4) is 0 Å². The minimum Gasteiger partial charge on any atom is -0.508 e. The molecule has 158 valence electrons. The van der Waals surface area contributed by atoms with Crippen molar-refractivity contribution in [2.24, 2.45) is 0 Å². The zero-order valence-electron chi connectivity index (χ0n) is 17.0. The van der Waals surface area contributed by atoms with Gasteiger partial charge in [-0.25, -0.2) is 4.79 Å². The number of nitrogens with one attached hydrogen (secondary N) is 1. The zero-order valence-corrected chi connectivity index (χ0v) is 17.9. The summed E-state index contributed by atoms with van der Waals surface area (Å²) in [5.74, 6) is 0.284. The van der Waals surface area contributed by atoms with Crippen molar-refractivity contribution in [1.29, 1.82) is 0 Å². The van der Waals surface area contributed by atoms with Crippen LogP contribution in [0, 0.1) is 0 Å². The molecule has 2 N–H and O–H groups in total. The summed E-state index contributed by atoms with van der Waals surface area (Å²) in [7, 11) is 3.12. The summed E-state index contributed by atoms with van der Waals surface area (Å²) in [5, 5.41) is 13.3. The number of carbonyl (C=O) groups excluding carboxylic acids is 1. The first kappa shape index (κ1) is 21.6. The first-order valence-electron chi connectivity index (χ1n) is 9.37. The average Bonchev–Trinajstić information content (AvgIpc) is 2.74. The molecule has 0 aromatic heterocycles. The van der Waals surface area contributed by atoms with E-state index in [2.05, 4.69) is 5.32 Å². The maximum Gasteiger partial charge on any atom is 0.338 e. The van der Waals surface area contributed by atoms with Gasteiger partial charge in [-0.15, -0.1) is 0 Å². The number of aromatic hydroxyl groups is 1. The molecule has 0 saturated heterocycles. The van der Waals surface area contributed by atoms with E-state index in [-0.39, 0.29) is 12.4 Å². The van der Waals surface area contributed by atoms with Crippen LogP contribution in [0.1, 0.15) is 18.5 Å². The van der Waals surface area contributed by atoms with Gasteiger partial charge in [0, 0.05) is 12.8 Å². The minimum absolute atomic E-state index is 0.132. The summed E-state index contributed by atoms with van der Waals surface area (Å²) >= 11 is 5.65. The number of hydrogen-bond donors (Lipinski definition) is 2. The van der Waals surface area contributed by atoms with E-state index in [9.17, 15) is 9.90 Å². The minimum atomic E-state index is -0.529. The smallest absolute Gasteiger partial charge is 0.338 e. The fourth-order valence-electron chi connectivity index (χ4n) is 3.32. The molecule has 1 aliphatic rings. The second-order valence-corrected chi connectivity index (χ2v) is 7.00. The van der Waals surface area contributed by atoms with E-state index in [4.69, 9.17) is 26.4 Å². The van der Waals surface area contributed by atoms with Crippen molar-refractivity contribution in [2.75, 3.05) is 32.3 Å². The lowest BCUT2D eigenvalue weighted by molar-refractivity contribution is -0.140. The van der Waals surface area contributed by atoms with Crippen molar-refractivity contribution in [3.63, 3.8) is 0 Å².